The van der Waals surface area contributed by atoms with Crippen LogP contribution in [0.15, 0.2) is 30.3 Å². The number of hydrogen-bond donors (Lipinski definition) is 2. The van der Waals surface area contributed by atoms with Crippen molar-refractivity contribution in [3.63, 3.8) is 0 Å². The molecule has 4 nitrogen and oxygen atoms in total. The van der Waals surface area contributed by atoms with E-state index in [1.165, 1.54) is 0 Å². The first-order chi connectivity index (χ1) is 9.69. The molecular formula is C16H24N2O2. The first-order valence-corrected chi connectivity index (χ1v) is 7.08. The number of rotatable bonds is 6. The fourth-order valence-electron chi connectivity index (χ4n) is 2.55. The Balaban J connectivity index is 1.80. The van der Waals surface area contributed by atoms with Crippen LogP contribution in [-0.2, 0) is 0 Å². The molecule has 1 aromatic carbocycles. The molecule has 20 heavy (non-hydrogen) atoms. The molecule has 0 saturated carbocycles. The Kier molecular flexibility index (Phi) is 5.59. The Hall–Kier alpha value is -1.36. The van der Waals surface area contributed by atoms with Gasteiger partial charge in [0, 0.05) is 31.2 Å². The third-order valence-corrected chi connectivity index (χ3v) is 3.58. The summed E-state index contributed by atoms with van der Waals surface area (Å²) in [5, 5.41) is 12.8. The Labute approximate surface area is 121 Å². The molecule has 0 aromatic heterocycles. The fourth-order valence-corrected chi connectivity index (χ4v) is 2.55. The number of β-amino-alcohol motifs (C(OH)–C–C–N with tert-alkyl or cyclic N) is 1. The Morgan fingerprint density at radius 3 is 2.95 bits per heavy atom. The van der Waals surface area contributed by atoms with Crippen molar-refractivity contribution >= 4 is 6.08 Å². The van der Waals surface area contributed by atoms with Crippen LogP contribution in [0.5, 0.6) is 5.75 Å². The minimum absolute atomic E-state index is 0.183. The van der Waals surface area contributed by atoms with Gasteiger partial charge in [-0.25, -0.2) is 0 Å². The van der Waals surface area contributed by atoms with Crippen LogP contribution in [0.2, 0.25) is 0 Å². The number of nitrogens with one attached hydrogen (secondary N) is 1. The summed E-state index contributed by atoms with van der Waals surface area (Å²) in [4.78, 5) is 2.25. The van der Waals surface area contributed by atoms with Crippen LogP contribution in [0.25, 0.3) is 6.08 Å². The maximum absolute atomic E-state index is 9.49. The van der Waals surface area contributed by atoms with Crippen molar-refractivity contribution in [1.82, 2.24) is 10.2 Å². The zero-order valence-corrected chi connectivity index (χ0v) is 12.2. The highest BCUT2D eigenvalue weighted by Gasteiger charge is 2.22. The SMILES string of the molecule is COc1ccccc1/C=C/CN(C)C[C@@H]1C[C@@H](O)CN1. The third-order valence-electron chi connectivity index (χ3n) is 3.58. The molecule has 0 spiro atoms. The molecule has 0 bridgehead atoms. The number of ether oxygens (including phenoxy) is 1. The average Bonchev–Trinajstić information content (AvgIpc) is 2.84. The molecular weight excluding hydrogens is 252 g/mol. The van der Waals surface area contributed by atoms with E-state index in [-0.39, 0.29) is 6.10 Å². The Morgan fingerprint density at radius 2 is 2.25 bits per heavy atom. The smallest absolute Gasteiger partial charge is 0.126 e. The van der Waals surface area contributed by atoms with E-state index in [1.807, 2.05) is 24.3 Å². The first-order valence-electron chi connectivity index (χ1n) is 7.08. The molecule has 2 atom stereocenters. The van der Waals surface area contributed by atoms with Gasteiger partial charge >= 0.3 is 0 Å². The van der Waals surface area contributed by atoms with Gasteiger partial charge in [-0.05, 0) is 19.5 Å². The molecule has 2 N–H and O–H groups in total. The molecule has 1 aliphatic rings. The molecule has 0 amide bonds. The highest BCUT2D eigenvalue weighted by molar-refractivity contribution is 5.57. The number of para-hydroxylation sites is 1. The quantitative estimate of drug-likeness (QED) is 0.823. The van der Waals surface area contributed by atoms with Gasteiger partial charge in [0.1, 0.15) is 5.75 Å². The predicted octanol–water partition coefficient (Wildman–Crippen LogP) is 1.36. The monoisotopic (exact) mass is 276 g/mol. The largest absolute Gasteiger partial charge is 0.496 e. The lowest BCUT2D eigenvalue weighted by atomic mass is 10.2. The van der Waals surface area contributed by atoms with Crippen LogP contribution >= 0.6 is 0 Å². The van der Waals surface area contributed by atoms with Crippen molar-refractivity contribution in [3.05, 3.63) is 35.9 Å². The number of aliphatic hydroxyl groups is 1. The van der Waals surface area contributed by atoms with E-state index in [1.54, 1.807) is 7.11 Å². The zero-order valence-electron chi connectivity index (χ0n) is 12.2. The fraction of sp³-hybridized carbons (Fsp3) is 0.500. The van der Waals surface area contributed by atoms with Crippen LogP contribution < -0.4 is 10.1 Å². The maximum Gasteiger partial charge on any atom is 0.126 e. The van der Waals surface area contributed by atoms with Crippen LogP contribution in [-0.4, -0.2) is 55.9 Å². The molecule has 1 aliphatic heterocycles. The van der Waals surface area contributed by atoms with Gasteiger partial charge in [0.2, 0.25) is 0 Å². The van der Waals surface area contributed by atoms with E-state index in [0.717, 1.165) is 37.4 Å². The van der Waals surface area contributed by atoms with Gasteiger partial charge in [-0.15, -0.1) is 0 Å². The molecule has 0 aliphatic carbocycles. The van der Waals surface area contributed by atoms with Crippen LogP contribution in [0.1, 0.15) is 12.0 Å². The van der Waals surface area contributed by atoms with E-state index < -0.39 is 0 Å². The number of benzene rings is 1. The second-order valence-electron chi connectivity index (χ2n) is 5.36. The van der Waals surface area contributed by atoms with Crippen molar-refractivity contribution in [2.75, 3.05) is 33.8 Å². The maximum atomic E-state index is 9.49. The van der Waals surface area contributed by atoms with Crippen LogP contribution in [0.4, 0.5) is 0 Å². The van der Waals surface area contributed by atoms with E-state index in [9.17, 15) is 5.11 Å². The van der Waals surface area contributed by atoms with Crippen molar-refractivity contribution in [3.8, 4) is 5.75 Å². The summed E-state index contributed by atoms with van der Waals surface area (Å²) in [5.74, 6) is 0.895. The Bertz CT molecular complexity index is 448. The van der Waals surface area contributed by atoms with E-state index in [0.29, 0.717) is 6.04 Å². The molecule has 1 heterocycles. The molecule has 110 valence electrons. The van der Waals surface area contributed by atoms with Gasteiger partial charge in [0.15, 0.2) is 0 Å². The number of likely N-dealkylation sites (N-methyl/N-ethyl adjacent to an activating group) is 1. The number of nitrogens with zero attached hydrogens (tertiary/aromatic N) is 1. The molecule has 1 saturated heterocycles. The molecule has 1 aromatic rings. The van der Waals surface area contributed by atoms with Crippen molar-refractivity contribution in [1.29, 1.82) is 0 Å². The van der Waals surface area contributed by atoms with Gasteiger partial charge in [-0.3, -0.25) is 0 Å². The standard InChI is InChI=1S/C16H24N2O2/c1-18(12-14-10-15(19)11-17-14)9-5-7-13-6-3-4-8-16(13)20-2/h3-8,14-15,17,19H,9-12H2,1-2H3/b7-5+/t14-,15+/m0/s1. The molecule has 4 heteroatoms. The summed E-state index contributed by atoms with van der Waals surface area (Å²) >= 11 is 0. The molecule has 0 radical (unpaired) electrons. The van der Waals surface area contributed by atoms with Crippen molar-refractivity contribution in [2.24, 2.45) is 0 Å². The van der Waals surface area contributed by atoms with Crippen LogP contribution in [0.3, 0.4) is 0 Å². The summed E-state index contributed by atoms with van der Waals surface area (Å²) in [6, 6.07) is 8.39. The minimum Gasteiger partial charge on any atom is -0.496 e. The van der Waals surface area contributed by atoms with E-state index in [4.69, 9.17) is 4.74 Å². The number of hydrogen-bond acceptors (Lipinski definition) is 4. The zero-order chi connectivity index (χ0) is 14.4. The van der Waals surface area contributed by atoms with E-state index >= 15 is 0 Å². The lowest BCUT2D eigenvalue weighted by Crippen LogP contribution is -2.35. The number of aliphatic hydroxyl groups excluding tert-OH is 1. The second kappa shape index (κ2) is 7.43. The van der Waals surface area contributed by atoms with Crippen LogP contribution in [0, 0.1) is 0 Å². The predicted molar refractivity (Wildman–Crippen MR) is 81.9 cm³/mol. The summed E-state index contributed by atoms with van der Waals surface area (Å²) in [5.41, 5.74) is 1.10. The number of methoxy groups -OCH3 is 1. The van der Waals surface area contributed by atoms with Crippen molar-refractivity contribution < 1.29 is 9.84 Å². The molecule has 1 fully saturated rings. The summed E-state index contributed by atoms with van der Waals surface area (Å²) in [7, 11) is 3.79. The lowest BCUT2D eigenvalue weighted by molar-refractivity contribution is 0.190. The first kappa shape index (κ1) is 15.0. The van der Waals surface area contributed by atoms with Gasteiger partial charge in [0.05, 0.1) is 13.2 Å². The summed E-state index contributed by atoms with van der Waals surface area (Å²) in [6.07, 6.45) is 4.90. The summed E-state index contributed by atoms with van der Waals surface area (Å²) in [6.45, 7) is 2.55. The van der Waals surface area contributed by atoms with Gasteiger partial charge in [-0.2, -0.15) is 0 Å². The van der Waals surface area contributed by atoms with Gasteiger partial charge < -0.3 is 20.1 Å². The highest BCUT2D eigenvalue weighted by Crippen LogP contribution is 2.18. The minimum atomic E-state index is -0.183. The average molecular weight is 276 g/mol. The second-order valence-corrected chi connectivity index (χ2v) is 5.36. The topological polar surface area (TPSA) is 44.7 Å². The lowest BCUT2D eigenvalue weighted by Gasteiger charge is -2.19. The molecule has 0 unspecified atom stereocenters. The van der Waals surface area contributed by atoms with Gasteiger partial charge in [-0.1, -0.05) is 30.4 Å². The normalized spacial score (nSPS) is 22.8. The Morgan fingerprint density at radius 1 is 1.45 bits per heavy atom. The van der Waals surface area contributed by atoms with Crippen molar-refractivity contribution in [2.45, 2.75) is 18.6 Å². The van der Waals surface area contributed by atoms with E-state index in [2.05, 4.69) is 29.4 Å². The van der Waals surface area contributed by atoms with Gasteiger partial charge in [0.25, 0.3) is 0 Å². The highest BCUT2D eigenvalue weighted by atomic mass is 16.5. The molecule has 2 rings (SSSR count). The summed E-state index contributed by atoms with van der Waals surface area (Å²) < 4.78 is 5.32. The third kappa shape index (κ3) is 4.34.